The highest BCUT2D eigenvalue weighted by Crippen LogP contribution is 2.28. The van der Waals surface area contributed by atoms with Crippen LogP contribution in [0, 0.1) is 5.92 Å². The maximum atomic E-state index is 12.6. The van der Waals surface area contributed by atoms with Gasteiger partial charge in [-0.2, -0.15) is 5.48 Å². The topological polar surface area (TPSA) is 144 Å². The maximum absolute atomic E-state index is 12.6. The highest BCUT2D eigenvalue weighted by Gasteiger charge is 2.37. The summed E-state index contributed by atoms with van der Waals surface area (Å²) < 4.78 is 5.21. The van der Waals surface area contributed by atoms with Gasteiger partial charge >= 0.3 is 12.1 Å². The van der Waals surface area contributed by atoms with Crippen molar-refractivity contribution in [3.05, 3.63) is 0 Å². The highest BCUT2D eigenvalue weighted by molar-refractivity contribution is 6.01. The summed E-state index contributed by atoms with van der Waals surface area (Å²) in [5.41, 5.74) is 1.73. The van der Waals surface area contributed by atoms with E-state index in [1.807, 2.05) is 0 Å². The van der Waals surface area contributed by atoms with E-state index in [1.165, 1.54) is 0 Å². The van der Waals surface area contributed by atoms with Crippen molar-refractivity contribution in [1.29, 1.82) is 0 Å². The van der Waals surface area contributed by atoms with Gasteiger partial charge in [0.05, 0.1) is 0 Å². The minimum absolute atomic E-state index is 0.000287. The number of alkyl carbamates (subject to hydrolysis) is 1. The number of hydrogen-bond donors (Lipinski definition) is 3. The van der Waals surface area contributed by atoms with Crippen LogP contribution < -0.4 is 10.8 Å². The first kappa shape index (κ1) is 23.0. The molecule has 1 unspecified atom stereocenters. The molecule has 0 aromatic rings. The second-order valence-corrected chi connectivity index (χ2v) is 8.35. The average Bonchev–Trinajstić information content (AvgIpc) is 2.93. The molecule has 1 saturated heterocycles. The Kier molecular flexibility index (Phi) is 7.94. The minimum atomic E-state index is -1.07. The Morgan fingerprint density at radius 3 is 2.24 bits per heavy atom. The third-order valence-corrected chi connectivity index (χ3v) is 4.80. The quantitative estimate of drug-likeness (QED) is 0.319. The zero-order chi connectivity index (χ0) is 21.6. The molecule has 3 N–H and O–H groups in total. The normalized spacial score (nSPS) is 23.7. The maximum Gasteiger partial charge on any atom is 0.408 e. The fourth-order valence-corrected chi connectivity index (χ4v) is 3.40. The first-order valence-corrected chi connectivity index (χ1v) is 9.72. The molecule has 2 fully saturated rings. The Bertz CT molecular complexity index is 609. The third kappa shape index (κ3) is 7.26. The Morgan fingerprint density at radius 2 is 1.72 bits per heavy atom. The number of nitrogens with zero attached hydrogens (tertiary/aromatic N) is 1. The first-order chi connectivity index (χ1) is 13.6. The lowest BCUT2D eigenvalue weighted by Crippen LogP contribution is -2.48. The molecule has 1 atom stereocenters. The van der Waals surface area contributed by atoms with Crippen LogP contribution in [0.2, 0.25) is 0 Å². The second kappa shape index (κ2) is 9.99. The van der Waals surface area contributed by atoms with Crippen molar-refractivity contribution in [2.75, 3.05) is 0 Å². The van der Waals surface area contributed by atoms with Crippen LogP contribution in [0.15, 0.2) is 0 Å². The summed E-state index contributed by atoms with van der Waals surface area (Å²) in [6.07, 6.45) is 2.32. The van der Waals surface area contributed by atoms with Gasteiger partial charge in [0.15, 0.2) is 0 Å². The molecule has 11 nitrogen and oxygen atoms in total. The predicted octanol–water partition coefficient (Wildman–Crippen LogP) is 1.43. The van der Waals surface area contributed by atoms with E-state index >= 15 is 0 Å². The van der Waals surface area contributed by atoms with Crippen molar-refractivity contribution < 1.29 is 39.0 Å². The van der Waals surface area contributed by atoms with E-state index in [0.717, 1.165) is 12.8 Å². The van der Waals surface area contributed by atoms with Crippen LogP contribution in [-0.4, -0.2) is 51.9 Å². The van der Waals surface area contributed by atoms with E-state index in [9.17, 15) is 19.2 Å². The molecule has 1 heterocycles. The number of rotatable bonds is 7. The van der Waals surface area contributed by atoms with Gasteiger partial charge in [0.2, 0.25) is 0 Å². The average molecular weight is 415 g/mol. The van der Waals surface area contributed by atoms with Crippen LogP contribution in [0.4, 0.5) is 4.79 Å². The van der Waals surface area contributed by atoms with Gasteiger partial charge in [-0.05, 0) is 58.8 Å². The van der Waals surface area contributed by atoms with Gasteiger partial charge in [-0.1, -0.05) is 0 Å². The monoisotopic (exact) mass is 415 g/mol. The number of amides is 3. The molecule has 2 rings (SSSR count). The summed E-state index contributed by atoms with van der Waals surface area (Å²) in [5.74, 6) is -1.98. The van der Waals surface area contributed by atoms with Gasteiger partial charge in [0.1, 0.15) is 11.6 Å². The zero-order valence-electron chi connectivity index (χ0n) is 16.9. The molecule has 164 valence electrons. The lowest BCUT2D eigenvalue weighted by atomic mass is 9.82. The molecule has 0 bridgehead atoms. The molecule has 1 aliphatic heterocycles. The van der Waals surface area contributed by atoms with E-state index in [-0.39, 0.29) is 31.2 Å². The Labute approximate surface area is 168 Å². The zero-order valence-corrected chi connectivity index (χ0v) is 16.9. The summed E-state index contributed by atoms with van der Waals surface area (Å²) in [6.45, 7) is 5.08. The van der Waals surface area contributed by atoms with E-state index in [1.54, 1.807) is 20.8 Å². The van der Waals surface area contributed by atoms with Crippen LogP contribution >= 0.6 is 0 Å². The number of carbonyl (C=O) groups is 4. The highest BCUT2D eigenvalue weighted by atomic mass is 17.2. The lowest BCUT2D eigenvalue weighted by molar-refractivity contribution is -0.301. The molecule has 0 aromatic carbocycles. The van der Waals surface area contributed by atoms with E-state index < -0.39 is 35.5 Å². The number of carbonyl (C=O) groups excluding carboxylic acids is 4. The summed E-state index contributed by atoms with van der Waals surface area (Å²) in [4.78, 5) is 57.2. The molecule has 1 saturated carbocycles. The minimum Gasteiger partial charge on any atom is -0.444 e. The van der Waals surface area contributed by atoms with E-state index in [4.69, 9.17) is 14.8 Å². The van der Waals surface area contributed by atoms with Gasteiger partial charge in [-0.15, -0.1) is 10.1 Å². The van der Waals surface area contributed by atoms with Crippen LogP contribution in [0.5, 0.6) is 0 Å². The Hall–Kier alpha value is -2.24. The van der Waals surface area contributed by atoms with Gasteiger partial charge in [-0.3, -0.25) is 9.59 Å². The van der Waals surface area contributed by atoms with Gasteiger partial charge < -0.3 is 14.9 Å². The molecule has 0 aromatic heterocycles. The molecule has 0 radical (unpaired) electrons. The Balaban J connectivity index is 2.00. The van der Waals surface area contributed by atoms with Gasteiger partial charge in [0.25, 0.3) is 11.8 Å². The predicted molar refractivity (Wildman–Crippen MR) is 97.5 cm³/mol. The molecule has 11 heteroatoms. The number of ether oxygens (including phenoxy) is 1. The van der Waals surface area contributed by atoms with Gasteiger partial charge in [0, 0.05) is 18.9 Å². The van der Waals surface area contributed by atoms with E-state index in [0.29, 0.717) is 17.9 Å². The largest absolute Gasteiger partial charge is 0.444 e. The molecule has 3 amide bonds. The molecular formula is C18H29N3O8. The smallest absolute Gasteiger partial charge is 0.408 e. The third-order valence-electron chi connectivity index (χ3n) is 4.80. The SMILES string of the molecule is CC(C)(C)OC(=O)NC(CC1CCC(NOO)CC1)C(=O)ON1C(=O)CCC1=O. The number of imide groups is 1. The van der Waals surface area contributed by atoms with Crippen molar-refractivity contribution in [2.45, 2.75) is 83.4 Å². The fraction of sp³-hybridized carbons (Fsp3) is 0.778. The molecule has 1 aliphatic carbocycles. The van der Waals surface area contributed by atoms with Crippen LogP contribution in [0.3, 0.4) is 0 Å². The molecule has 0 spiro atoms. The summed E-state index contributed by atoms with van der Waals surface area (Å²) in [7, 11) is 0. The number of nitrogens with one attached hydrogen (secondary N) is 2. The standard InChI is InChI=1S/C18H29N3O8/c1-18(2,3)27-17(25)19-13(10-11-4-6-12(7-5-11)20-29-26)16(24)28-21-14(22)8-9-15(21)23/h11-13,20,26H,4-10H2,1-3H3,(H,19,25). The molecular weight excluding hydrogens is 386 g/mol. The summed E-state index contributed by atoms with van der Waals surface area (Å²) in [5, 5.41) is 11.4. The summed E-state index contributed by atoms with van der Waals surface area (Å²) in [6, 6.07) is -1.07. The second-order valence-electron chi connectivity index (χ2n) is 8.35. The first-order valence-electron chi connectivity index (χ1n) is 9.72. The van der Waals surface area contributed by atoms with Crippen molar-refractivity contribution >= 4 is 23.9 Å². The number of hydrogen-bond acceptors (Lipinski definition) is 9. The van der Waals surface area contributed by atoms with Crippen LogP contribution in [-0.2, 0) is 28.9 Å². The van der Waals surface area contributed by atoms with Crippen molar-refractivity contribution in [3.8, 4) is 0 Å². The fourth-order valence-electron chi connectivity index (χ4n) is 3.40. The molecule has 29 heavy (non-hydrogen) atoms. The van der Waals surface area contributed by atoms with Crippen LogP contribution in [0.1, 0.15) is 65.7 Å². The van der Waals surface area contributed by atoms with Crippen molar-refractivity contribution in [1.82, 2.24) is 15.9 Å². The van der Waals surface area contributed by atoms with E-state index in [2.05, 4.69) is 15.8 Å². The lowest BCUT2D eigenvalue weighted by Gasteiger charge is -2.30. The molecule has 2 aliphatic rings. The van der Waals surface area contributed by atoms with Crippen molar-refractivity contribution in [3.63, 3.8) is 0 Å². The van der Waals surface area contributed by atoms with Crippen LogP contribution in [0.25, 0.3) is 0 Å². The Morgan fingerprint density at radius 1 is 1.14 bits per heavy atom. The van der Waals surface area contributed by atoms with Gasteiger partial charge in [-0.25, -0.2) is 14.8 Å². The number of hydroxylamine groups is 3. The van der Waals surface area contributed by atoms with Crippen molar-refractivity contribution in [2.24, 2.45) is 5.92 Å². The summed E-state index contributed by atoms with van der Waals surface area (Å²) >= 11 is 0.